The maximum atomic E-state index is 13.4. The van der Waals surface area contributed by atoms with Crippen LogP contribution in [-0.2, 0) is 16.1 Å². The lowest BCUT2D eigenvalue weighted by molar-refractivity contribution is 0.0597. The van der Waals surface area contributed by atoms with Gasteiger partial charge in [0.2, 0.25) is 0 Å². The van der Waals surface area contributed by atoms with Gasteiger partial charge in [-0.3, -0.25) is 0 Å². The van der Waals surface area contributed by atoms with Crippen molar-refractivity contribution in [2.75, 3.05) is 18.1 Å². The van der Waals surface area contributed by atoms with Crippen molar-refractivity contribution in [1.29, 1.82) is 0 Å². The largest absolute Gasteiger partial charge is 0.486 e. The summed E-state index contributed by atoms with van der Waals surface area (Å²) in [5, 5.41) is 0. The molecule has 6 nitrogen and oxygen atoms in total. The number of carbonyl (C=O) groups is 1. The molecule has 1 amide bonds. The summed E-state index contributed by atoms with van der Waals surface area (Å²) >= 11 is 3.55. The molecule has 30 heavy (non-hydrogen) atoms. The molecule has 0 radical (unpaired) electrons. The number of halogens is 1. The quantitative estimate of drug-likeness (QED) is 0.506. The molecule has 1 fully saturated rings. The van der Waals surface area contributed by atoms with Gasteiger partial charge >= 0.3 is 6.09 Å². The molecule has 2 aliphatic rings. The van der Waals surface area contributed by atoms with Crippen molar-refractivity contribution < 1.29 is 19.0 Å². The van der Waals surface area contributed by atoms with Crippen molar-refractivity contribution in [1.82, 2.24) is 4.98 Å². The first-order chi connectivity index (χ1) is 14.2. The molecule has 2 aliphatic heterocycles. The van der Waals surface area contributed by atoms with Gasteiger partial charge in [-0.25, -0.2) is 14.7 Å². The second-order valence-corrected chi connectivity index (χ2v) is 9.68. The first-order valence-electron chi connectivity index (χ1n) is 10.3. The van der Waals surface area contributed by atoms with Crippen molar-refractivity contribution in [3.63, 3.8) is 0 Å². The van der Waals surface area contributed by atoms with Crippen molar-refractivity contribution in [2.24, 2.45) is 0 Å². The monoisotopic (exact) mass is 474 g/mol. The first kappa shape index (κ1) is 21.1. The zero-order valence-electron chi connectivity index (χ0n) is 17.8. The van der Waals surface area contributed by atoms with Gasteiger partial charge in [-0.1, -0.05) is 15.9 Å². The molecule has 0 atom stereocenters. The third-order valence-electron chi connectivity index (χ3n) is 5.34. The minimum Gasteiger partial charge on any atom is -0.486 e. The molecule has 2 aromatic rings. The van der Waals surface area contributed by atoms with Crippen LogP contribution in [0.2, 0.25) is 0 Å². The van der Waals surface area contributed by atoms with E-state index in [-0.39, 0.29) is 0 Å². The molecule has 0 bridgehead atoms. The van der Waals surface area contributed by atoms with Crippen LogP contribution >= 0.6 is 15.9 Å². The van der Waals surface area contributed by atoms with Crippen LogP contribution in [0.15, 0.2) is 28.9 Å². The number of hydrogen-bond donors (Lipinski definition) is 0. The fraction of sp³-hybridized carbons (Fsp3) is 0.478. The number of ether oxygens (including phenoxy) is 3. The van der Waals surface area contributed by atoms with Crippen molar-refractivity contribution in [3.8, 4) is 5.75 Å². The minimum absolute atomic E-state index is 0.352. The summed E-state index contributed by atoms with van der Waals surface area (Å²) in [6, 6.07) is 5.91. The number of fused-ring (bicyclic) bond motifs is 2. The highest BCUT2D eigenvalue weighted by atomic mass is 79.9. The maximum Gasteiger partial charge on any atom is 0.420 e. The summed E-state index contributed by atoms with van der Waals surface area (Å²) in [7, 11) is 0. The van der Waals surface area contributed by atoms with E-state index >= 15 is 0 Å². The highest BCUT2D eigenvalue weighted by Crippen LogP contribution is 2.45. The summed E-state index contributed by atoms with van der Waals surface area (Å²) in [4.78, 5) is 19.6. The van der Waals surface area contributed by atoms with E-state index in [1.165, 1.54) is 5.56 Å². The smallest absolute Gasteiger partial charge is 0.420 e. The van der Waals surface area contributed by atoms with Crippen LogP contribution in [-0.4, -0.2) is 29.9 Å². The van der Waals surface area contributed by atoms with E-state index in [4.69, 9.17) is 14.2 Å². The normalized spacial score (nSPS) is 16.9. The van der Waals surface area contributed by atoms with Crippen LogP contribution in [0.4, 0.5) is 16.3 Å². The Balaban J connectivity index is 1.88. The van der Waals surface area contributed by atoms with Crippen LogP contribution in [0, 0.1) is 6.92 Å². The molecule has 1 saturated heterocycles. The van der Waals surface area contributed by atoms with Crippen molar-refractivity contribution >= 4 is 33.5 Å². The number of hydrogen-bond acceptors (Lipinski definition) is 5. The summed E-state index contributed by atoms with van der Waals surface area (Å²) in [5.74, 6) is 1.60. The van der Waals surface area contributed by atoms with Gasteiger partial charge in [0.1, 0.15) is 23.8 Å². The fourth-order valence-electron chi connectivity index (χ4n) is 4.04. The second-order valence-electron chi connectivity index (χ2n) is 8.76. The van der Waals surface area contributed by atoms with Gasteiger partial charge in [0, 0.05) is 29.4 Å². The Morgan fingerprint density at radius 3 is 2.70 bits per heavy atom. The molecule has 3 heterocycles. The molecule has 1 aromatic heterocycles. The van der Waals surface area contributed by atoms with Crippen LogP contribution in [0.5, 0.6) is 5.75 Å². The van der Waals surface area contributed by atoms with E-state index in [2.05, 4.69) is 20.9 Å². The molecular weight excluding hydrogens is 448 g/mol. The number of aryl methyl sites for hydroxylation is 1. The van der Waals surface area contributed by atoms with E-state index in [1.807, 2.05) is 45.9 Å². The first-order valence-corrected chi connectivity index (χ1v) is 11.1. The molecule has 1 aromatic carbocycles. The lowest BCUT2D eigenvalue weighted by atomic mass is 9.89. The Bertz CT molecular complexity index is 964. The van der Waals surface area contributed by atoms with Crippen molar-refractivity contribution in [2.45, 2.75) is 58.7 Å². The van der Waals surface area contributed by atoms with E-state index in [0.717, 1.165) is 41.7 Å². The van der Waals surface area contributed by atoms with Gasteiger partial charge in [0.15, 0.2) is 0 Å². The zero-order valence-corrected chi connectivity index (χ0v) is 19.4. The Kier molecular flexibility index (Phi) is 5.77. The Labute approximate surface area is 185 Å². The van der Waals surface area contributed by atoms with Crippen LogP contribution < -0.4 is 9.64 Å². The lowest BCUT2D eigenvalue weighted by Crippen LogP contribution is -2.34. The third kappa shape index (κ3) is 4.18. The molecule has 0 aliphatic carbocycles. The van der Waals surface area contributed by atoms with E-state index in [9.17, 15) is 4.79 Å². The molecule has 0 N–H and O–H groups in total. The number of rotatable bonds is 1. The number of nitrogens with zero attached hydrogens (tertiary/aromatic N) is 2. The molecule has 4 rings (SSSR count). The SMILES string of the molecule is Cc1cc(Br)cc2c1OCc1c(C3CCOCC3)ccnc1N2C(=O)OC(C)(C)C. The minimum atomic E-state index is -0.635. The van der Waals surface area contributed by atoms with Crippen LogP contribution in [0.3, 0.4) is 0 Å². The number of aromatic nitrogens is 1. The number of anilines is 2. The number of benzene rings is 1. The van der Waals surface area contributed by atoms with Gasteiger partial charge in [-0.05, 0) is 75.8 Å². The Hall–Kier alpha value is -2.12. The van der Waals surface area contributed by atoms with E-state index in [1.54, 1.807) is 11.1 Å². The summed E-state index contributed by atoms with van der Waals surface area (Å²) < 4.78 is 18.4. The average Bonchev–Trinajstić information content (AvgIpc) is 2.84. The zero-order chi connectivity index (χ0) is 21.5. The second kappa shape index (κ2) is 8.19. The summed E-state index contributed by atoms with van der Waals surface area (Å²) in [5.41, 5.74) is 3.03. The topological polar surface area (TPSA) is 60.9 Å². The number of carbonyl (C=O) groups excluding carboxylic acids is 1. The number of amides is 1. The van der Waals surface area contributed by atoms with Crippen molar-refractivity contribution in [3.05, 3.63) is 45.6 Å². The van der Waals surface area contributed by atoms with E-state index in [0.29, 0.717) is 29.8 Å². The predicted octanol–water partition coefficient (Wildman–Crippen LogP) is 6.01. The average molecular weight is 475 g/mol. The molecule has 0 unspecified atom stereocenters. The Morgan fingerprint density at radius 1 is 1.27 bits per heavy atom. The molecular formula is C23H27BrN2O4. The molecule has 160 valence electrons. The van der Waals surface area contributed by atoms with Gasteiger partial charge in [-0.2, -0.15) is 0 Å². The van der Waals surface area contributed by atoms with Gasteiger partial charge in [-0.15, -0.1) is 0 Å². The van der Waals surface area contributed by atoms with Crippen LogP contribution in [0.25, 0.3) is 0 Å². The molecule has 7 heteroatoms. The summed E-state index contributed by atoms with van der Waals surface area (Å²) in [6.45, 7) is 9.39. The standard InChI is InChI=1S/C23H27BrN2O4/c1-14-11-16(24)12-19-20(14)29-13-18-17(15-6-9-28-10-7-15)5-8-25-21(18)26(19)22(27)30-23(2,3)4/h5,8,11-12,15H,6-7,9-10,13H2,1-4H3. The summed E-state index contributed by atoms with van der Waals surface area (Å²) in [6.07, 6.45) is 3.20. The molecule has 0 spiro atoms. The van der Waals surface area contributed by atoms with Gasteiger partial charge in [0.25, 0.3) is 0 Å². The predicted molar refractivity (Wildman–Crippen MR) is 119 cm³/mol. The van der Waals surface area contributed by atoms with E-state index < -0.39 is 11.7 Å². The fourth-order valence-corrected chi connectivity index (χ4v) is 4.60. The van der Waals surface area contributed by atoms with Crippen LogP contribution in [0.1, 0.15) is 56.2 Å². The highest BCUT2D eigenvalue weighted by molar-refractivity contribution is 9.10. The maximum absolute atomic E-state index is 13.4. The van der Waals surface area contributed by atoms with Gasteiger partial charge < -0.3 is 14.2 Å². The molecule has 0 saturated carbocycles. The number of pyridine rings is 1. The highest BCUT2D eigenvalue weighted by Gasteiger charge is 2.35. The third-order valence-corrected chi connectivity index (χ3v) is 5.80. The van der Waals surface area contributed by atoms with Gasteiger partial charge in [0.05, 0.1) is 5.69 Å². The lowest BCUT2D eigenvalue weighted by Gasteiger charge is -2.29. The Morgan fingerprint density at radius 2 is 2.00 bits per heavy atom.